The monoisotopic (exact) mass is 214 g/mol. The van der Waals surface area contributed by atoms with Gasteiger partial charge in [0.25, 0.3) is 5.71 Å². The minimum Gasteiger partial charge on any atom is -0.395 e. The van der Waals surface area contributed by atoms with Crippen LogP contribution in [0.25, 0.3) is 5.53 Å². The Bertz CT molecular complexity index is 428. The van der Waals surface area contributed by atoms with Gasteiger partial charge in [-0.2, -0.15) is 4.79 Å². The summed E-state index contributed by atoms with van der Waals surface area (Å²) in [5, 5.41) is 8.55. The third-order valence-corrected chi connectivity index (χ3v) is 3.61. The summed E-state index contributed by atoms with van der Waals surface area (Å²) in [6, 6.07) is 0. The fraction of sp³-hybridized carbons (Fsp3) is 0.375. The third-order valence-electron chi connectivity index (χ3n) is 1.81. The van der Waals surface area contributed by atoms with Crippen molar-refractivity contribution in [2.24, 2.45) is 0 Å². The molecule has 0 heterocycles. The van der Waals surface area contributed by atoms with Gasteiger partial charge in [-0.3, -0.25) is 0 Å². The smallest absolute Gasteiger partial charge is 0.297 e. The molecule has 1 rings (SSSR count). The fourth-order valence-corrected chi connectivity index (χ4v) is 2.25. The minimum atomic E-state index is -3.41. The van der Waals surface area contributed by atoms with Crippen LogP contribution in [-0.2, 0) is 9.84 Å². The van der Waals surface area contributed by atoms with Gasteiger partial charge in [-0.1, -0.05) is 6.08 Å². The van der Waals surface area contributed by atoms with Crippen molar-refractivity contribution in [3.63, 3.8) is 0 Å². The Hall–Kier alpha value is -1.23. The van der Waals surface area contributed by atoms with Crippen molar-refractivity contribution < 1.29 is 18.3 Å². The Morgan fingerprint density at radius 3 is 2.86 bits per heavy atom. The van der Waals surface area contributed by atoms with Crippen LogP contribution in [0.2, 0.25) is 0 Å². The van der Waals surface area contributed by atoms with Crippen LogP contribution in [0.15, 0.2) is 23.1 Å². The highest BCUT2D eigenvalue weighted by Crippen LogP contribution is 2.16. The molecule has 5 nitrogen and oxygen atoms in total. The number of rotatable bonds is 3. The van der Waals surface area contributed by atoms with E-state index in [0.717, 1.165) is 0 Å². The van der Waals surface area contributed by atoms with Gasteiger partial charge >= 0.3 is 0 Å². The second kappa shape index (κ2) is 4.32. The number of hydrogen-bond donors (Lipinski definition) is 1. The summed E-state index contributed by atoms with van der Waals surface area (Å²) in [6.45, 7) is -0.408. The first kappa shape index (κ1) is 10.8. The first-order chi connectivity index (χ1) is 6.60. The summed E-state index contributed by atoms with van der Waals surface area (Å²) in [7, 11) is -3.41. The number of hydrogen-bond acceptors (Lipinski definition) is 3. The molecule has 0 atom stereocenters. The molecule has 0 bridgehead atoms. The quantitative estimate of drug-likeness (QED) is 0.525. The predicted octanol–water partition coefficient (Wildman–Crippen LogP) is -0.0919. The van der Waals surface area contributed by atoms with E-state index >= 15 is 0 Å². The number of aliphatic hydroxyl groups excluding tert-OH is 1. The summed E-state index contributed by atoms with van der Waals surface area (Å²) < 4.78 is 22.9. The lowest BCUT2D eigenvalue weighted by atomic mass is 10.1. The first-order valence-electron chi connectivity index (χ1n) is 4.02. The molecular weight excluding hydrogens is 204 g/mol. The van der Waals surface area contributed by atoms with Gasteiger partial charge in [0.05, 0.1) is 23.7 Å². The molecule has 76 valence electrons. The molecule has 0 aromatic carbocycles. The molecule has 0 unspecified atom stereocenters. The summed E-state index contributed by atoms with van der Waals surface area (Å²) in [5.74, 6) is -0.300. The summed E-state index contributed by atoms with van der Waals surface area (Å²) in [4.78, 5) is 3.10. The Kier molecular flexibility index (Phi) is 3.35. The van der Waals surface area contributed by atoms with Crippen LogP contribution in [-0.4, -0.2) is 36.4 Å². The van der Waals surface area contributed by atoms with Gasteiger partial charge in [-0.05, 0) is 6.08 Å². The normalized spacial score (nSPS) is 16.4. The highest BCUT2D eigenvalue weighted by molar-refractivity contribution is 7.95. The van der Waals surface area contributed by atoms with E-state index in [2.05, 4.69) is 4.79 Å². The van der Waals surface area contributed by atoms with E-state index in [1.807, 2.05) is 0 Å². The van der Waals surface area contributed by atoms with Crippen molar-refractivity contribution in [2.45, 2.75) is 6.42 Å². The maximum atomic E-state index is 11.4. The van der Waals surface area contributed by atoms with E-state index in [1.165, 1.54) is 18.2 Å². The summed E-state index contributed by atoms with van der Waals surface area (Å²) >= 11 is 0. The van der Waals surface area contributed by atoms with Crippen molar-refractivity contribution in [3.05, 3.63) is 28.7 Å². The molecule has 0 aromatic heterocycles. The average Bonchev–Trinajstić information content (AvgIpc) is 2.18. The molecule has 0 saturated heterocycles. The lowest BCUT2D eigenvalue weighted by molar-refractivity contribution is -0.00547. The van der Waals surface area contributed by atoms with Crippen LogP contribution in [0.4, 0.5) is 0 Å². The topological polar surface area (TPSA) is 90.8 Å². The zero-order valence-electron chi connectivity index (χ0n) is 7.42. The average molecular weight is 214 g/mol. The van der Waals surface area contributed by atoms with Crippen molar-refractivity contribution in [2.75, 3.05) is 12.4 Å². The molecule has 0 fully saturated rings. The van der Waals surface area contributed by atoms with Gasteiger partial charge in [0.15, 0.2) is 9.84 Å². The molecule has 6 heteroatoms. The van der Waals surface area contributed by atoms with Crippen LogP contribution in [0.5, 0.6) is 0 Å². The Morgan fingerprint density at radius 1 is 1.57 bits per heavy atom. The van der Waals surface area contributed by atoms with E-state index < -0.39 is 16.4 Å². The van der Waals surface area contributed by atoms with Gasteiger partial charge in [0.1, 0.15) is 0 Å². The molecule has 0 aliphatic heterocycles. The van der Waals surface area contributed by atoms with Gasteiger partial charge < -0.3 is 10.6 Å². The molecule has 0 spiro atoms. The second-order valence-corrected chi connectivity index (χ2v) is 4.96. The fourth-order valence-electron chi connectivity index (χ4n) is 1.10. The highest BCUT2D eigenvalue weighted by atomic mass is 32.2. The number of allylic oxidation sites excluding steroid dienone is 4. The van der Waals surface area contributed by atoms with Crippen molar-refractivity contribution in [1.82, 2.24) is 0 Å². The molecule has 14 heavy (non-hydrogen) atoms. The van der Waals surface area contributed by atoms with Gasteiger partial charge in [0, 0.05) is 6.08 Å². The maximum absolute atomic E-state index is 11.4. The molecule has 0 radical (unpaired) electrons. The largest absolute Gasteiger partial charge is 0.395 e. The van der Waals surface area contributed by atoms with Gasteiger partial charge in [-0.25, -0.2) is 8.42 Å². The Labute approximate surface area is 81.9 Å². The van der Waals surface area contributed by atoms with Crippen LogP contribution in [0.1, 0.15) is 6.42 Å². The third kappa shape index (κ3) is 2.38. The van der Waals surface area contributed by atoms with E-state index in [9.17, 15) is 8.42 Å². The van der Waals surface area contributed by atoms with Gasteiger partial charge in [-0.15, -0.1) is 0 Å². The first-order valence-corrected chi connectivity index (χ1v) is 5.67. The van der Waals surface area contributed by atoms with Crippen molar-refractivity contribution >= 4 is 15.5 Å². The molecule has 0 amide bonds. The SMILES string of the molecule is [N-]=[N+]=C1C=CC=C(S(=O)(=O)CCO)C1. The molecule has 1 aliphatic rings. The molecule has 0 saturated carbocycles. The Morgan fingerprint density at radius 2 is 2.29 bits per heavy atom. The lowest BCUT2D eigenvalue weighted by Gasteiger charge is -2.06. The Balaban J connectivity index is 2.96. The molecule has 1 aliphatic carbocycles. The summed E-state index contributed by atoms with van der Waals surface area (Å²) in [6.07, 6.45) is 4.55. The predicted molar refractivity (Wildman–Crippen MR) is 51.3 cm³/mol. The van der Waals surface area contributed by atoms with Crippen molar-refractivity contribution in [1.29, 1.82) is 0 Å². The van der Waals surface area contributed by atoms with Crippen LogP contribution in [0.3, 0.4) is 0 Å². The minimum absolute atomic E-state index is 0.0787. The highest BCUT2D eigenvalue weighted by Gasteiger charge is 2.22. The lowest BCUT2D eigenvalue weighted by Crippen LogP contribution is -2.16. The molecule has 0 aromatic rings. The van der Waals surface area contributed by atoms with Crippen LogP contribution < -0.4 is 0 Å². The summed E-state index contributed by atoms with van der Waals surface area (Å²) in [5.41, 5.74) is 8.77. The standard InChI is InChI=1S/C8H10N2O3S/c9-10-7-2-1-3-8(6-7)14(12,13)5-4-11/h1-3,11H,4-6H2. The van der Waals surface area contributed by atoms with E-state index in [1.54, 1.807) is 0 Å². The zero-order valence-corrected chi connectivity index (χ0v) is 8.24. The maximum Gasteiger partial charge on any atom is 0.297 e. The number of aliphatic hydroxyl groups is 1. The molecule has 1 N–H and O–H groups in total. The number of sulfone groups is 1. The van der Waals surface area contributed by atoms with E-state index in [4.69, 9.17) is 10.6 Å². The zero-order chi connectivity index (χ0) is 10.6. The van der Waals surface area contributed by atoms with Crippen LogP contribution in [0, 0.1) is 0 Å². The van der Waals surface area contributed by atoms with Crippen LogP contribution >= 0.6 is 0 Å². The second-order valence-electron chi connectivity index (χ2n) is 2.80. The van der Waals surface area contributed by atoms with E-state index in [-0.39, 0.29) is 17.1 Å². The molecular formula is C8H10N2O3S. The number of nitrogens with zero attached hydrogens (tertiary/aromatic N) is 2. The van der Waals surface area contributed by atoms with E-state index in [0.29, 0.717) is 5.71 Å². The van der Waals surface area contributed by atoms with Gasteiger partial charge in [0.2, 0.25) is 0 Å². The van der Waals surface area contributed by atoms with Crippen molar-refractivity contribution in [3.8, 4) is 0 Å².